The van der Waals surface area contributed by atoms with Crippen LogP contribution in [0.1, 0.15) is 50.0 Å². The van der Waals surface area contributed by atoms with Gasteiger partial charge in [-0.15, -0.1) is 5.10 Å². The van der Waals surface area contributed by atoms with Crippen molar-refractivity contribution in [2.75, 3.05) is 30.3 Å². The van der Waals surface area contributed by atoms with E-state index >= 15 is 0 Å². The summed E-state index contributed by atoms with van der Waals surface area (Å²) in [6.45, 7) is 13.5. The van der Waals surface area contributed by atoms with Crippen molar-refractivity contribution in [3.8, 4) is 0 Å². The Balaban J connectivity index is 1.46. The predicted molar refractivity (Wildman–Crippen MR) is 160 cm³/mol. The van der Waals surface area contributed by atoms with Crippen molar-refractivity contribution in [3.63, 3.8) is 0 Å². The number of nitrogens with zero attached hydrogens (tertiary/aromatic N) is 6. The van der Waals surface area contributed by atoms with Gasteiger partial charge in [-0.25, -0.2) is 19.0 Å². The zero-order valence-corrected chi connectivity index (χ0v) is 23.8. The summed E-state index contributed by atoms with van der Waals surface area (Å²) in [5.74, 6) is 0.119. The lowest BCUT2D eigenvalue weighted by Gasteiger charge is -2.30. The fourth-order valence-electron chi connectivity index (χ4n) is 5.24. The third-order valence-corrected chi connectivity index (χ3v) is 7.82. The number of benzene rings is 2. The Kier molecular flexibility index (Phi) is 8.42. The van der Waals surface area contributed by atoms with Crippen LogP contribution < -0.4 is 10.6 Å². The average Bonchev–Trinajstić information content (AvgIpc) is 3.46. The van der Waals surface area contributed by atoms with Crippen LogP contribution in [0.4, 0.5) is 21.6 Å². The van der Waals surface area contributed by atoms with E-state index in [1.807, 2.05) is 36.7 Å². The summed E-state index contributed by atoms with van der Waals surface area (Å²) in [7, 11) is 0. The summed E-state index contributed by atoms with van der Waals surface area (Å²) in [5.41, 5.74) is 5.11. The zero-order chi connectivity index (χ0) is 28.2. The van der Waals surface area contributed by atoms with E-state index in [9.17, 15) is 4.39 Å². The molecule has 40 heavy (non-hydrogen) atoms. The molecule has 1 atom stereocenters. The molecule has 5 rings (SSSR count). The minimum Gasteiger partial charge on any atom is -0.373 e. The molecule has 208 valence electrons. The van der Waals surface area contributed by atoms with Crippen molar-refractivity contribution < 1.29 is 4.39 Å². The van der Waals surface area contributed by atoms with Gasteiger partial charge >= 0.3 is 0 Å². The SMILES string of the molecule is C=C/C(=C\C)C(Nc1cc(C)c2ncnc(Nc3ccc(F)c(Cl)c3)c2c1)c1cn(C2CCN(CC)CC2)nn1. The summed E-state index contributed by atoms with van der Waals surface area (Å²) in [5, 5.41) is 16.9. The molecule has 0 bridgehead atoms. The van der Waals surface area contributed by atoms with Crippen LogP contribution in [0.15, 0.2) is 67.2 Å². The zero-order valence-electron chi connectivity index (χ0n) is 23.0. The molecule has 0 radical (unpaired) electrons. The summed E-state index contributed by atoms with van der Waals surface area (Å²) in [4.78, 5) is 11.4. The number of hydrogen-bond donors (Lipinski definition) is 2. The van der Waals surface area contributed by atoms with Gasteiger partial charge in [-0.3, -0.25) is 0 Å². The second-order valence-corrected chi connectivity index (χ2v) is 10.4. The van der Waals surface area contributed by atoms with Crippen LogP contribution in [-0.2, 0) is 0 Å². The first-order valence-corrected chi connectivity index (χ1v) is 13.9. The molecule has 0 spiro atoms. The Hall–Kier alpha value is -3.82. The lowest BCUT2D eigenvalue weighted by Crippen LogP contribution is -2.34. The van der Waals surface area contributed by atoms with Gasteiger partial charge in [0.25, 0.3) is 0 Å². The van der Waals surface area contributed by atoms with Gasteiger partial charge in [0.15, 0.2) is 0 Å². The van der Waals surface area contributed by atoms with Crippen molar-refractivity contribution in [1.82, 2.24) is 29.9 Å². The van der Waals surface area contributed by atoms with Crippen LogP contribution in [-0.4, -0.2) is 49.5 Å². The molecule has 0 amide bonds. The van der Waals surface area contributed by atoms with Crippen LogP contribution in [0.3, 0.4) is 0 Å². The Morgan fingerprint density at radius 3 is 2.70 bits per heavy atom. The number of rotatable bonds is 9. The van der Waals surface area contributed by atoms with Crippen molar-refractivity contribution in [2.45, 2.75) is 45.7 Å². The number of halogens is 2. The minimum absolute atomic E-state index is 0.0389. The third-order valence-electron chi connectivity index (χ3n) is 7.53. The molecule has 2 aromatic carbocycles. The van der Waals surface area contributed by atoms with Gasteiger partial charge in [-0.1, -0.05) is 42.5 Å². The summed E-state index contributed by atoms with van der Waals surface area (Å²) in [6.07, 6.45) is 9.57. The van der Waals surface area contributed by atoms with Gasteiger partial charge in [0.1, 0.15) is 23.7 Å². The largest absolute Gasteiger partial charge is 0.373 e. The molecule has 1 aliphatic heterocycles. The highest BCUT2D eigenvalue weighted by Crippen LogP contribution is 2.33. The summed E-state index contributed by atoms with van der Waals surface area (Å²) >= 11 is 6.00. The van der Waals surface area contributed by atoms with E-state index in [0.717, 1.165) is 65.9 Å². The van der Waals surface area contributed by atoms with Gasteiger partial charge in [-0.2, -0.15) is 0 Å². The monoisotopic (exact) mass is 560 g/mol. The first-order chi connectivity index (χ1) is 19.4. The van der Waals surface area contributed by atoms with E-state index in [-0.39, 0.29) is 11.1 Å². The minimum atomic E-state index is -0.474. The maximum atomic E-state index is 13.7. The molecular weight excluding hydrogens is 527 g/mol. The van der Waals surface area contributed by atoms with E-state index in [0.29, 0.717) is 17.5 Å². The molecule has 8 nitrogen and oxygen atoms in total. The first-order valence-electron chi connectivity index (χ1n) is 13.6. The summed E-state index contributed by atoms with van der Waals surface area (Å²) in [6, 6.07) is 8.64. The highest BCUT2D eigenvalue weighted by atomic mass is 35.5. The van der Waals surface area contributed by atoms with E-state index in [1.54, 1.807) is 6.07 Å². The van der Waals surface area contributed by atoms with Gasteiger partial charge < -0.3 is 15.5 Å². The number of likely N-dealkylation sites (tertiary alicyclic amines) is 1. The Morgan fingerprint density at radius 1 is 1.20 bits per heavy atom. The molecular formula is C30H34ClFN8. The van der Waals surface area contributed by atoms with Crippen molar-refractivity contribution >= 4 is 39.7 Å². The highest BCUT2D eigenvalue weighted by molar-refractivity contribution is 6.31. The normalized spacial score (nSPS) is 15.8. The number of aromatic nitrogens is 5. The van der Waals surface area contributed by atoms with Crippen LogP contribution in [0.25, 0.3) is 10.9 Å². The smallest absolute Gasteiger partial charge is 0.141 e. The molecule has 0 saturated carbocycles. The van der Waals surface area contributed by atoms with Gasteiger partial charge in [-0.05, 0) is 74.7 Å². The second kappa shape index (κ2) is 12.1. The fraction of sp³-hybridized carbons (Fsp3) is 0.333. The van der Waals surface area contributed by atoms with Crippen LogP contribution in [0.5, 0.6) is 0 Å². The maximum absolute atomic E-state index is 13.7. The number of allylic oxidation sites excluding steroid dienone is 1. The number of aryl methyl sites for hydroxylation is 1. The van der Waals surface area contributed by atoms with Gasteiger partial charge in [0.2, 0.25) is 0 Å². The third kappa shape index (κ3) is 5.85. The quantitative estimate of drug-likeness (QED) is 0.213. The molecule has 1 unspecified atom stereocenters. The van der Waals surface area contributed by atoms with Crippen molar-refractivity contribution in [1.29, 1.82) is 0 Å². The molecule has 1 fully saturated rings. The Labute approximate surface area is 239 Å². The van der Waals surface area contributed by atoms with E-state index < -0.39 is 5.82 Å². The Bertz CT molecular complexity index is 1540. The molecule has 2 aromatic heterocycles. The maximum Gasteiger partial charge on any atom is 0.141 e. The lowest BCUT2D eigenvalue weighted by molar-refractivity contribution is 0.186. The van der Waals surface area contributed by atoms with Gasteiger partial charge in [0, 0.05) is 29.9 Å². The standard InChI is InChI=1S/C30H34ClFN8/c1-5-20(6-2)29(27-17-40(38-37-27)23-10-12-39(7-3)13-11-23)35-22-14-19(4)28-24(15-22)30(34-18-33-28)36-21-8-9-26(32)25(31)16-21/h5-6,8-9,14-18,23,29,35H,1,7,10-13H2,2-4H3,(H,33,34,36)/b20-6+. The number of nitrogens with one attached hydrogen (secondary N) is 2. The van der Waals surface area contributed by atoms with E-state index in [4.69, 9.17) is 11.6 Å². The average molecular weight is 561 g/mol. The van der Waals surface area contributed by atoms with Crippen molar-refractivity contribution in [2.24, 2.45) is 0 Å². The molecule has 4 aromatic rings. The number of fused-ring (bicyclic) bond motifs is 1. The van der Waals surface area contributed by atoms with E-state index in [1.165, 1.54) is 18.5 Å². The number of hydrogen-bond acceptors (Lipinski definition) is 7. The number of anilines is 3. The van der Waals surface area contributed by atoms with Crippen LogP contribution in [0.2, 0.25) is 5.02 Å². The summed E-state index contributed by atoms with van der Waals surface area (Å²) < 4.78 is 15.7. The second-order valence-electron chi connectivity index (χ2n) is 10.0. The highest BCUT2D eigenvalue weighted by Gasteiger charge is 2.24. The van der Waals surface area contributed by atoms with E-state index in [2.05, 4.69) is 61.6 Å². The first kappa shape index (κ1) is 27.7. The van der Waals surface area contributed by atoms with Crippen LogP contribution >= 0.6 is 11.6 Å². The lowest BCUT2D eigenvalue weighted by atomic mass is 10.0. The predicted octanol–water partition coefficient (Wildman–Crippen LogP) is 7.01. The topological polar surface area (TPSA) is 83.8 Å². The molecule has 2 N–H and O–H groups in total. The van der Waals surface area contributed by atoms with Crippen molar-refractivity contribution in [3.05, 3.63) is 89.3 Å². The molecule has 0 aliphatic carbocycles. The number of piperidine rings is 1. The fourth-order valence-corrected chi connectivity index (χ4v) is 5.42. The molecule has 10 heteroatoms. The molecule has 1 saturated heterocycles. The van der Waals surface area contributed by atoms with Crippen LogP contribution in [0, 0.1) is 12.7 Å². The molecule has 1 aliphatic rings. The Morgan fingerprint density at radius 2 is 2.00 bits per heavy atom. The molecule has 3 heterocycles. The van der Waals surface area contributed by atoms with Gasteiger partial charge in [0.05, 0.1) is 28.8 Å².